The zero-order valence-corrected chi connectivity index (χ0v) is 18.1. The zero-order chi connectivity index (χ0) is 21.5. The molecule has 0 spiro atoms. The maximum atomic E-state index is 13.1. The standard InChI is InChI=1S/C20H21ClFN5O2S/c1-12-11-27(30(28,29)15-5-3-13(2)23-10-15)8-7-16(12)18-19(21)26-20(25-18)17-6-4-14(22)9-24-17/h3-6,9-10,12,16H,7-8,11H2,1-2H3,(H,25,26)/t12-,16+/m0/s1. The maximum Gasteiger partial charge on any atom is 0.244 e. The topological polar surface area (TPSA) is 91.8 Å². The summed E-state index contributed by atoms with van der Waals surface area (Å²) in [6.45, 7) is 4.53. The van der Waals surface area contributed by atoms with E-state index in [0.29, 0.717) is 36.2 Å². The normalized spacial score (nSPS) is 20.4. The fraction of sp³-hybridized carbons (Fsp3) is 0.350. The summed E-state index contributed by atoms with van der Waals surface area (Å²) >= 11 is 6.38. The van der Waals surface area contributed by atoms with E-state index >= 15 is 0 Å². The highest BCUT2D eigenvalue weighted by atomic mass is 35.5. The molecule has 0 unspecified atom stereocenters. The number of aromatic nitrogens is 4. The second-order valence-electron chi connectivity index (χ2n) is 7.52. The van der Waals surface area contributed by atoms with Crippen molar-refractivity contribution in [1.82, 2.24) is 24.2 Å². The molecular weight excluding hydrogens is 429 g/mol. The summed E-state index contributed by atoms with van der Waals surface area (Å²) in [4.78, 5) is 15.9. The van der Waals surface area contributed by atoms with Crippen molar-refractivity contribution >= 4 is 21.6 Å². The van der Waals surface area contributed by atoms with E-state index in [9.17, 15) is 12.8 Å². The van der Waals surface area contributed by atoms with Crippen LogP contribution in [0.5, 0.6) is 0 Å². The van der Waals surface area contributed by atoms with Crippen LogP contribution in [0.3, 0.4) is 0 Å². The summed E-state index contributed by atoms with van der Waals surface area (Å²) in [5, 5.41) is 0.326. The van der Waals surface area contributed by atoms with E-state index in [4.69, 9.17) is 11.6 Å². The van der Waals surface area contributed by atoms with Gasteiger partial charge in [-0.15, -0.1) is 0 Å². The molecule has 1 aliphatic heterocycles. The number of sulfonamides is 1. The van der Waals surface area contributed by atoms with Crippen LogP contribution >= 0.6 is 11.6 Å². The Morgan fingerprint density at radius 1 is 1.20 bits per heavy atom. The van der Waals surface area contributed by atoms with Gasteiger partial charge in [0.25, 0.3) is 0 Å². The van der Waals surface area contributed by atoms with Gasteiger partial charge in [0.2, 0.25) is 10.0 Å². The first-order valence-corrected chi connectivity index (χ1v) is 11.4. The average molecular weight is 450 g/mol. The van der Waals surface area contributed by atoms with Crippen LogP contribution in [0, 0.1) is 18.7 Å². The van der Waals surface area contributed by atoms with E-state index in [-0.39, 0.29) is 16.7 Å². The monoisotopic (exact) mass is 449 g/mol. The van der Waals surface area contributed by atoms with Crippen LogP contribution in [-0.4, -0.2) is 45.7 Å². The molecule has 0 aromatic carbocycles. The van der Waals surface area contributed by atoms with Crippen molar-refractivity contribution < 1.29 is 12.8 Å². The first-order valence-electron chi connectivity index (χ1n) is 9.56. The Morgan fingerprint density at radius 3 is 2.63 bits per heavy atom. The summed E-state index contributed by atoms with van der Waals surface area (Å²) in [5.41, 5.74) is 2.00. The molecule has 0 aliphatic carbocycles. The summed E-state index contributed by atoms with van der Waals surface area (Å²) in [7, 11) is -3.60. The number of aryl methyl sites for hydroxylation is 1. The second kappa shape index (κ2) is 8.05. The lowest BCUT2D eigenvalue weighted by Crippen LogP contribution is -2.42. The van der Waals surface area contributed by atoms with Crippen LogP contribution in [0.15, 0.2) is 41.6 Å². The molecule has 158 valence electrons. The van der Waals surface area contributed by atoms with Crippen molar-refractivity contribution in [1.29, 1.82) is 0 Å². The smallest absolute Gasteiger partial charge is 0.244 e. The molecular formula is C20H21ClFN5O2S. The van der Waals surface area contributed by atoms with Crippen LogP contribution in [0.2, 0.25) is 5.15 Å². The molecule has 0 bridgehead atoms. The van der Waals surface area contributed by atoms with Gasteiger partial charge in [-0.2, -0.15) is 4.31 Å². The summed E-state index contributed by atoms with van der Waals surface area (Å²) in [6, 6.07) is 6.12. The molecule has 1 saturated heterocycles. The number of imidazole rings is 1. The highest BCUT2D eigenvalue weighted by Gasteiger charge is 2.36. The van der Waals surface area contributed by atoms with Gasteiger partial charge in [0.15, 0.2) is 11.0 Å². The molecule has 0 radical (unpaired) electrons. The molecule has 0 saturated carbocycles. The Kier molecular flexibility index (Phi) is 5.61. The van der Waals surface area contributed by atoms with Crippen LogP contribution < -0.4 is 0 Å². The summed E-state index contributed by atoms with van der Waals surface area (Å²) in [6.07, 6.45) is 3.12. The molecule has 7 nitrogen and oxygen atoms in total. The maximum absolute atomic E-state index is 13.1. The van der Waals surface area contributed by atoms with Gasteiger partial charge in [0, 0.05) is 30.9 Å². The molecule has 2 atom stereocenters. The molecule has 1 N–H and O–H groups in total. The van der Waals surface area contributed by atoms with Crippen LogP contribution in [0.25, 0.3) is 11.5 Å². The van der Waals surface area contributed by atoms with Crippen molar-refractivity contribution in [2.45, 2.75) is 31.1 Å². The third-order valence-corrected chi connectivity index (χ3v) is 7.55. The van der Waals surface area contributed by atoms with Crippen LogP contribution in [0.4, 0.5) is 4.39 Å². The Labute approximate surface area is 179 Å². The number of nitrogens with zero attached hydrogens (tertiary/aromatic N) is 4. The quantitative estimate of drug-likeness (QED) is 0.654. The summed E-state index contributed by atoms with van der Waals surface area (Å²) in [5.74, 6) is 0.0614. The van der Waals surface area contributed by atoms with E-state index < -0.39 is 15.8 Å². The molecule has 10 heteroatoms. The number of rotatable bonds is 4. The van der Waals surface area contributed by atoms with Crippen molar-refractivity contribution in [2.75, 3.05) is 13.1 Å². The van der Waals surface area contributed by atoms with Gasteiger partial charge >= 0.3 is 0 Å². The molecule has 1 fully saturated rings. The largest absolute Gasteiger partial charge is 0.339 e. The minimum absolute atomic E-state index is 0.0129. The number of aromatic amines is 1. The molecule has 30 heavy (non-hydrogen) atoms. The first-order chi connectivity index (χ1) is 14.3. The van der Waals surface area contributed by atoms with Crippen molar-refractivity contribution in [2.24, 2.45) is 5.92 Å². The SMILES string of the molecule is Cc1ccc(S(=O)(=O)N2CC[C@@H](c3[nH]c(-c4ccc(F)cn4)nc3Cl)[C@@H](C)C2)cn1. The molecule has 3 aromatic heterocycles. The highest BCUT2D eigenvalue weighted by molar-refractivity contribution is 7.89. The number of halogens is 2. The van der Waals surface area contributed by atoms with E-state index in [1.165, 1.54) is 22.6 Å². The molecule has 4 rings (SSSR count). The number of hydrogen-bond donors (Lipinski definition) is 1. The highest BCUT2D eigenvalue weighted by Crippen LogP contribution is 2.37. The number of H-pyrrole nitrogens is 1. The van der Waals surface area contributed by atoms with E-state index in [1.54, 1.807) is 12.1 Å². The van der Waals surface area contributed by atoms with Crippen molar-refractivity contribution in [3.63, 3.8) is 0 Å². The van der Waals surface area contributed by atoms with Gasteiger partial charge in [-0.1, -0.05) is 18.5 Å². The minimum Gasteiger partial charge on any atom is -0.339 e. The second-order valence-corrected chi connectivity index (χ2v) is 9.82. The van der Waals surface area contributed by atoms with Gasteiger partial charge in [-0.3, -0.25) is 4.98 Å². The fourth-order valence-electron chi connectivity index (χ4n) is 3.76. The molecule has 4 heterocycles. The number of pyridine rings is 2. The van der Waals surface area contributed by atoms with Gasteiger partial charge in [-0.25, -0.2) is 22.8 Å². The lowest BCUT2D eigenvalue weighted by Gasteiger charge is -2.35. The predicted molar refractivity (Wildman–Crippen MR) is 111 cm³/mol. The predicted octanol–water partition coefficient (Wildman–Crippen LogP) is 3.78. The van der Waals surface area contributed by atoms with E-state index in [1.807, 2.05) is 13.8 Å². The average Bonchev–Trinajstić information content (AvgIpc) is 3.10. The van der Waals surface area contributed by atoms with E-state index in [2.05, 4.69) is 19.9 Å². The fourth-order valence-corrected chi connectivity index (χ4v) is 5.53. The first kappa shape index (κ1) is 20.9. The third kappa shape index (κ3) is 3.97. The number of nitrogens with one attached hydrogen (secondary N) is 1. The van der Waals surface area contributed by atoms with Crippen LogP contribution in [0.1, 0.15) is 30.7 Å². The molecule has 3 aromatic rings. The van der Waals surface area contributed by atoms with Crippen molar-refractivity contribution in [3.8, 4) is 11.5 Å². The Hall–Kier alpha value is -2.36. The summed E-state index contributed by atoms with van der Waals surface area (Å²) < 4.78 is 40.6. The minimum atomic E-state index is -3.60. The van der Waals surface area contributed by atoms with Crippen LogP contribution in [-0.2, 0) is 10.0 Å². The Balaban J connectivity index is 1.54. The Morgan fingerprint density at radius 2 is 2.00 bits per heavy atom. The molecule has 0 amide bonds. The lowest BCUT2D eigenvalue weighted by atomic mass is 9.86. The van der Waals surface area contributed by atoms with Crippen molar-refractivity contribution in [3.05, 3.63) is 59.0 Å². The van der Waals surface area contributed by atoms with Gasteiger partial charge in [0.1, 0.15) is 16.4 Å². The Bertz CT molecular complexity index is 1150. The third-order valence-electron chi connectivity index (χ3n) is 5.42. The number of hydrogen-bond acceptors (Lipinski definition) is 5. The number of piperidine rings is 1. The van der Waals surface area contributed by atoms with Gasteiger partial charge in [0.05, 0.1) is 11.9 Å². The van der Waals surface area contributed by atoms with Gasteiger partial charge in [-0.05, 0) is 43.5 Å². The van der Waals surface area contributed by atoms with Gasteiger partial charge < -0.3 is 4.98 Å². The zero-order valence-electron chi connectivity index (χ0n) is 16.5. The molecule has 1 aliphatic rings. The van der Waals surface area contributed by atoms with E-state index in [0.717, 1.165) is 17.6 Å². The lowest BCUT2D eigenvalue weighted by molar-refractivity contribution is 0.246.